The van der Waals surface area contributed by atoms with Gasteiger partial charge in [-0.15, -0.1) is 12.4 Å². The highest BCUT2D eigenvalue weighted by Crippen LogP contribution is 2.32. The molecule has 1 aliphatic rings. The maximum atomic E-state index is 6.08. The van der Waals surface area contributed by atoms with Crippen LogP contribution in [0.3, 0.4) is 0 Å². The Morgan fingerprint density at radius 1 is 1.35 bits per heavy atom. The SMILES string of the molecule is Cc1noc(C)c1CN1CCCc2c(N)cccc21.Cl. The van der Waals surface area contributed by atoms with Crippen molar-refractivity contribution < 1.29 is 4.52 Å². The first kappa shape index (κ1) is 14.7. The van der Waals surface area contributed by atoms with Gasteiger partial charge in [0.05, 0.1) is 5.69 Å². The Morgan fingerprint density at radius 2 is 2.15 bits per heavy atom. The number of aromatic nitrogens is 1. The summed E-state index contributed by atoms with van der Waals surface area (Å²) in [6, 6.07) is 6.17. The van der Waals surface area contributed by atoms with E-state index in [1.807, 2.05) is 26.0 Å². The van der Waals surface area contributed by atoms with Crippen LogP contribution in [0.25, 0.3) is 0 Å². The molecule has 0 bridgehead atoms. The summed E-state index contributed by atoms with van der Waals surface area (Å²) in [5.41, 5.74) is 11.7. The Bertz CT molecular complexity index is 590. The van der Waals surface area contributed by atoms with Crippen LogP contribution in [0.1, 0.15) is 29.0 Å². The van der Waals surface area contributed by atoms with Crippen LogP contribution in [-0.2, 0) is 13.0 Å². The number of hydrogen-bond acceptors (Lipinski definition) is 4. The summed E-state index contributed by atoms with van der Waals surface area (Å²) < 4.78 is 5.25. The summed E-state index contributed by atoms with van der Waals surface area (Å²) in [4.78, 5) is 2.38. The number of rotatable bonds is 2. The predicted octanol–water partition coefficient (Wildman–Crippen LogP) is 3.25. The zero-order chi connectivity index (χ0) is 13.4. The van der Waals surface area contributed by atoms with E-state index in [-0.39, 0.29) is 12.4 Å². The molecule has 2 heterocycles. The zero-order valence-electron chi connectivity index (χ0n) is 11.8. The minimum Gasteiger partial charge on any atom is -0.398 e. The molecular formula is C15H20ClN3O. The lowest BCUT2D eigenvalue weighted by molar-refractivity contribution is 0.392. The predicted molar refractivity (Wildman–Crippen MR) is 83.5 cm³/mol. The molecule has 0 atom stereocenters. The molecule has 1 aliphatic heterocycles. The van der Waals surface area contributed by atoms with Crippen LogP contribution in [0.15, 0.2) is 22.7 Å². The first-order valence-electron chi connectivity index (χ1n) is 6.71. The van der Waals surface area contributed by atoms with Gasteiger partial charge in [-0.2, -0.15) is 0 Å². The van der Waals surface area contributed by atoms with Crippen molar-refractivity contribution in [2.75, 3.05) is 17.2 Å². The number of hydrogen-bond donors (Lipinski definition) is 1. The summed E-state index contributed by atoms with van der Waals surface area (Å²) in [7, 11) is 0. The molecule has 0 saturated carbocycles. The molecule has 2 aromatic rings. The fraction of sp³-hybridized carbons (Fsp3) is 0.400. The quantitative estimate of drug-likeness (QED) is 0.864. The van der Waals surface area contributed by atoms with E-state index in [0.717, 1.165) is 43.1 Å². The lowest BCUT2D eigenvalue weighted by Crippen LogP contribution is -2.29. The minimum absolute atomic E-state index is 0. The molecule has 2 N–H and O–H groups in total. The molecule has 108 valence electrons. The summed E-state index contributed by atoms with van der Waals surface area (Å²) in [6.07, 6.45) is 2.21. The van der Waals surface area contributed by atoms with Crippen LogP contribution in [0.4, 0.5) is 11.4 Å². The molecule has 0 unspecified atom stereocenters. The number of benzene rings is 1. The first-order valence-corrected chi connectivity index (χ1v) is 6.71. The summed E-state index contributed by atoms with van der Waals surface area (Å²) in [5.74, 6) is 0.911. The number of anilines is 2. The third kappa shape index (κ3) is 2.48. The first-order chi connectivity index (χ1) is 9.16. The highest BCUT2D eigenvalue weighted by atomic mass is 35.5. The highest BCUT2D eigenvalue weighted by molar-refractivity contribution is 5.85. The van der Waals surface area contributed by atoms with Crippen LogP contribution in [0.5, 0.6) is 0 Å². The second kappa shape index (κ2) is 5.75. The number of nitrogens with zero attached hydrogens (tertiary/aromatic N) is 2. The lowest BCUT2D eigenvalue weighted by Gasteiger charge is -2.32. The van der Waals surface area contributed by atoms with E-state index in [4.69, 9.17) is 10.3 Å². The molecule has 0 saturated heterocycles. The molecule has 0 spiro atoms. The second-order valence-electron chi connectivity index (χ2n) is 5.17. The van der Waals surface area contributed by atoms with Crippen molar-refractivity contribution in [3.05, 3.63) is 40.8 Å². The average Bonchev–Trinajstić information content (AvgIpc) is 2.72. The fourth-order valence-corrected chi connectivity index (χ4v) is 2.81. The molecule has 0 aliphatic carbocycles. The van der Waals surface area contributed by atoms with E-state index in [1.54, 1.807) is 0 Å². The maximum absolute atomic E-state index is 6.08. The van der Waals surface area contributed by atoms with E-state index in [1.165, 1.54) is 16.8 Å². The Balaban J connectivity index is 0.00000147. The standard InChI is InChI=1S/C15H19N3O.ClH/c1-10-13(11(2)19-17-10)9-18-8-4-5-12-14(16)6-3-7-15(12)18;/h3,6-7H,4-5,8-9,16H2,1-2H3;1H. The van der Waals surface area contributed by atoms with Crippen LogP contribution in [0, 0.1) is 13.8 Å². The van der Waals surface area contributed by atoms with E-state index in [2.05, 4.69) is 16.1 Å². The van der Waals surface area contributed by atoms with Gasteiger partial charge < -0.3 is 15.2 Å². The van der Waals surface area contributed by atoms with E-state index in [0.29, 0.717) is 0 Å². The fourth-order valence-electron chi connectivity index (χ4n) is 2.81. The Kier molecular flexibility index (Phi) is 4.23. The second-order valence-corrected chi connectivity index (χ2v) is 5.17. The van der Waals surface area contributed by atoms with Crippen molar-refractivity contribution in [2.24, 2.45) is 0 Å². The molecule has 0 radical (unpaired) electrons. The van der Waals surface area contributed by atoms with Crippen molar-refractivity contribution in [1.29, 1.82) is 0 Å². The van der Waals surface area contributed by atoms with Gasteiger partial charge in [-0.1, -0.05) is 11.2 Å². The molecule has 0 fully saturated rings. The summed E-state index contributed by atoms with van der Waals surface area (Å²) >= 11 is 0. The summed E-state index contributed by atoms with van der Waals surface area (Å²) in [6.45, 7) is 5.87. The molecule has 1 aromatic carbocycles. The van der Waals surface area contributed by atoms with Gasteiger partial charge in [0.15, 0.2) is 0 Å². The van der Waals surface area contributed by atoms with E-state index >= 15 is 0 Å². The van der Waals surface area contributed by atoms with Crippen molar-refractivity contribution >= 4 is 23.8 Å². The molecule has 0 amide bonds. The monoisotopic (exact) mass is 293 g/mol. The van der Waals surface area contributed by atoms with Gasteiger partial charge in [-0.05, 0) is 44.4 Å². The summed E-state index contributed by atoms with van der Waals surface area (Å²) in [5, 5.41) is 4.03. The number of halogens is 1. The Hall–Kier alpha value is -1.68. The normalized spacial score (nSPS) is 13.8. The minimum atomic E-state index is 0. The lowest BCUT2D eigenvalue weighted by atomic mass is 9.99. The Morgan fingerprint density at radius 3 is 2.85 bits per heavy atom. The molecule has 5 heteroatoms. The number of nitrogens with two attached hydrogens (primary N) is 1. The maximum Gasteiger partial charge on any atom is 0.138 e. The molecular weight excluding hydrogens is 274 g/mol. The van der Waals surface area contributed by atoms with E-state index < -0.39 is 0 Å². The van der Waals surface area contributed by atoms with Crippen LogP contribution >= 0.6 is 12.4 Å². The van der Waals surface area contributed by atoms with Gasteiger partial charge in [0.1, 0.15) is 5.76 Å². The van der Waals surface area contributed by atoms with Crippen LogP contribution < -0.4 is 10.6 Å². The topological polar surface area (TPSA) is 55.3 Å². The Labute approximate surface area is 125 Å². The third-order valence-corrected chi connectivity index (χ3v) is 3.91. The van der Waals surface area contributed by atoms with Gasteiger partial charge in [-0.25, -0.2) is 0 Å². The smallest absolute Gasteiger partial charge is 0.138 e. The number of nitrogen functional groups attached to an aromatic ring is 1. The molecule has 20 heavy (non-hydrogen) atoms. The van der Waals surface area contributed by atoms with Crippen molar-refractivity contribution in [2.45, 2.75) is 33.2 Å². The van der Waals surface area contributed by atoms with Crippen LogP contribution in [-0.4, -0.2) is 11.7 Å². The van der Waals surface area contributed by atoms with Crippen LogP contribution in [0.2, 0.25) is 0 Å². The van der Waals surface area contributed by atoms with Crippen molar-refractivity contribution in [3.63, 3.8) is 0 Å². The largest absolute Gasteiger partial charge is 0.398 e. The van der Waals surface area contributed by atoms with Gasteiger partial charge >= 0.3 is 0 Å². The van der Waals surface area contributed by atoms with E-state index in [9.17, 15) is 0 Å². The van der Waals surface area contributed by atoms with Crippen molar-refractivity contribution in [1.82, 2.24) is 5.16 Å². The third-order valence-electron chi connectivity index (χ3n) is 3.91. The molecule has 1 aromatic heterocycles. The average molecular weight is 294 g/mol. The van der Waals surface area contributed by atoms with Crippen molar-refractivity contribution in [3.8, 4) is 0 Å². The van der Waals surface area contributed by atoms with Gasteiger partial charge in [0, 0.05) is 30.0 Å². The molecule has 4 nitrogen and oxygen atoms in total. The number of aryl methyl sites for hydroxylation is 2. The molecule has 3 rings (SSSR count). The van der Waals surface area contributed by atoms with Gasteiger partial charge in [-0.3, -0.25) is 0 Å². The zero-order valence-corrected chi connectivity index (χ0v) is 12.7. The highest BCUT2D eigenvalue weighted by Gasteiger charge is 2.21. The van der Waals surface area contributed by atoms with Gasteiger partial charge in [0.25, 0.3) is 0 Å². The number of fused-ring (bicyclic) bond motifs is 1. The van der Waals surface area contributed by atoms with Gasteiger partial charge in [0.2, 0.25) is 0 Å².